The smallest absolute Gasteiger partial charge is 0.339 e. The molecular weight excluding hydrogens is 242 g/mol. The van der Waals surface area contributed by atoms with E-state index in [1.807, 2.05) is 0 Å². The lowest BCUT2D eigenvalue weighted by molar-refractivity contribution is 0.0697. The Labute approximate surface area is 103 Å². The van der Waals surface area contributed by atoms with E-state index in [1.54, 1.807) is 11.8 Å². The second-order valence-electron chi connectivity index (χ2n) is 3.21. The number of carboxylic acid groups (broad SMARTS) is 1. The molecule has 0 aliphatic heterocycles. The fourth-order valence-electron chi connectivity index (χ4n) is 1.15. The van der Waals surface area contributed by atoms with Gasteiger partial charge in [0, 0.05) is 18.9 Å². The number of aliphatic hydroxyl groups excluding tert-OH is 1. The number of carbonyl (C=O) groups is 1. The number of rotatable bonds is 8. The van der Waals surface area contributed by atoms with Crippen molar-refractivity contribution in [2.45, 2.75) is 6.42 Å². The molecule has 0 saturated carbocycles. The lowest BCUT2D eigenvalue weighted by atomic mass is 10.3. The summed E-state index contributed by atoms with van der Waals surface area (Å²) in [5, 5.41) is 27.8. The molecule has 0 aromatic carbocycles. The van der Waals surface area contributed by atoms with Gasteiger partial charge in [-0.2, -0.15) is 16.9 Å². The molecule has 0 saturated heterocycles. The minimum atomic E-state index is -1.02. The van der Waals surface area contributed by atoms with Crippen molar-refractivity contribution in [1.82, 2.24) is 10.2 Å². The Kier molecular flexibility index (Phi) is 6.34. The van der Waals surface area contributed by atoms with E-state index < -0.39 is 5.97 Å². The Balaban J connectivity index is 2.34. The van der Waals surface area contributed by atoms with Gasteiger partial charge >= 0.3 is 5.97 Å². The van der Waals surface area contributed by atoms with E-state index in [2.05, 4.69) is 15.5 Å². The summed E-state index contributed by atoms with van der Waals surface area (Å²) in [7, 11) is 0. The van der Waals surface area contributed by atoms with Crippen LogP contribution in [0.3, 0.4) is 0 Å². The summed E-state index contributed by atoms with van der Waals surface area (Å²) in [6, 6.07) is 1.41. The quantitative estimate of drug-likeness (QED) is 0.590. The molecule has 0 unspecified atom stereocenters. The predicted octanol–water partition coefficient (Wildman–Crippen LogP) is 0.702. The van der Waals surface area contributed by atoms with Gasteiger partial charge in [0.1, 0.15) is 5.56 Å². The third-order valence-corrected chi connectivity index (χ3v) is 3.01. The zero-order chi connectivity index (χ0) is 12.5. The SMILES string of the molecule is O=C(O)c1ccnnc1NCCSCCCO. The van der Waals surface area contributed by atoms with Crippen molar-refractivity contribution in [3.8, 4) is 0 Å². The van der Waals surface area contributed by atoms with Gasteiger partial charge < -0.3 is 15.5 Å². The highest BCUT2D eigenvalue weighted by atomic mass is 32.2. The van der Waals surface area contributed by atoms with Gasteiger partial charge in [0.05, 0.1) is 6.20 Å². The first kappa shape index (κ1) is 13.7. The Morgan fingerprint density at radius 2 is 2.29 bits per heavy atom. The van der Waals surface area contributed by atoms with Crippen LogP contribution in [0.1, 0.15) is 16.8 Å². The van der Waals surface area contributed by atoms with Crippen LogP contribution in [0.25, 0.3) is 0 Å². The van der Waals surface area contributed by atoms with Crippen LogP contribution < -0.4 is 5.32 Å². The summed E-state index contributed by atoms with van der Waals surface area (Å²) in [6.07, 6.45) is 2.13. The van der Waals surface area contributed by atoms with Gasteiger partial charge in [-0.05, 0) is 18.2 Å². The van der Waals surface area contributed by atoms with E-state index in [9.17, 15) is 4.79 Å². The number of aromatic carboxylic acids is 1. The summed E-state index contributed by atoms with van der Waals surface area (Å²) in [6.45, 7) is 0.822. The number of thioether (sulfide) groups is 1. The molecular formula is C10H15N3O3S. The Morgan fingerprint density at radius 1 is 1.47 bits per heavy atom. The number of aliphatic hydroxyl groups is 1. The van der Waals surface area contributed by atoms with Crippen molar-refractivity contribution in [2.75, 3.05) is 30.0 Å². The van der Waals surface area contributed by atoms with Gasteiger partial charge in [-0.15, -0.1) is 5.10 Å². The Bertz CT molecular complexity index is 362. The zero-order valence-electron chi connectivity index (χ0n) is 9.30. The molecule has 0 fully saturated rings. The van der Waals surface area contributed by atoms with Crippen LogP contribution in [0, 0.1) is 0 Å². The number of nitrogens with one attached hydrogen (secondary N) is 1. The van der Waals surface area contributed by atoms with Gasteiger partial charge in [0.25, 0.3) is 0 Å². The number of aromatic nitrogens is 2. The third-order valence-electron chi connectivity index (χ3n) is 1.94. The molecule has 1 aromatic heterocycles. The maximum Gasteiger partial charge on any atom is 0.339 e. The number of carboxylic acids is 1. The fourth-order valence-corrected chi connectivity index (χ4v) is 1.93. The first-order valence-corrected chi connectivity index (χ1v) is 6.38. The summed E-state index contributed by atoms with van der Waals surface area (Å²) in [5.41, 5.74) is 0.125. The van der Waals surface area contributed by atoms with Crippen molar-refractivity contribution in [2.24, 2.45) is 0 Å². The average Bonchev–Trinajstić information content (AvgIpc) is 2.34. The molecule has 7 heteroatoms. The molecule has 6 nitrogen and oxygen atoms in total. The third kappa shape index (κ3) is 5.01. The lowest BCUT2D eigenvalue weighted by Crippen LogP contribution is -2.11. The molecule has 0 radical (unpaired) electrons. The summed E-state index contributed by atoms with van der Waals surface area (Å²) >= 11 is 1.69. The van der Waals surface area contributed by atoms with Crippen molar-refractivity contribution in [3.63, 3.8) is 0 Å². The van der Waals surface area contributed by atoms with Crippen LogP contribution in [-0.4, -0.2) is 51.0 Å². The molecule has 1 heterocycles. The molecule has 0 atom stereocenters. The summed E-state index contributed by atoms with van der Waals surface area (Å²) < 4.78 is 0. The van der Waals surface area contributed by atoms with Crippen LogP contribution in [0.2, 0.25) is 0 Å². The van der Waals surface area contributed by atoms with Gasteiger partial charge in [0.15, 0.2) is 5.82 Å². The van der Waals surface area contributed by atoms with Gasteiger partial charge in [-0.3, -0.25) is 0 Å². The first-order chi connectivity index (χ1) is 8.25. The minimum Gasteiger partial charge on any atom is -0.478 e. The molecule has 1 aromatic rings. The van der Waals surface area contributed by atoms with E-state index >= 15 is 0 Å². The minimum absolute atomic E-state index is 0.125. The van der Waals surface area contributed by atoms with Crippen LogP contribution in [0.5, 0.6) is 0 Å². The first-order valence-electron chi connectivity index (χ1n) is 5.23. The van der Waals surface area contributed by atoms with Crippen LogP contribution >= 0.6 is 11.8 Å². The highest BCUT2D eigenvalue weighted by molar-refractivity contribution is 7.99. The highest BCUT2D eigenvalue weighted by Crippen LogP contribution is 2.10. The molecule has 3 N–H and O–H groups in total. The summed E-state index contributed by atoms with van der Waals surface area (Å²) in [4.78, 5) is 10.9. The lowest BCUT2D eigenvalue weighted by Gasteiger charge is -2.06. The predicted molar refractivity (Wildman–Crippen MR) is 66.5 cm³/mol. The zero-order valence-corrected chi connectivity index (χ0v) is 10.1. The van der Waals surface area contributed by atoms with Crippen LogP contribution in [0.15, 0.2) is 12.3 Å². The molecule has 0 spiro atoms. The number of nitrogens with zero attached hydrogens (tertiary/aromatic N) is 2. The summed E-state index contributed by atoms with van der Waals surface area (Å²) in [5.74, 6) is 0.998. The monoisotopic (exact) mass is 257 g/mol. The second-order valence-corrected chi connectivity index (χ2v) is 4.44. The van der Waals surface area contributed by atoms with E-state index in [4.69, 9.17) is 10.2 Å². The molecule has 17 heavy (non-hydrogen) atoms. The van der Waals surface area contributed by atoms with Crippen molar-refractivity contribution >= 4 is 23.5 Å². The van der Waals surface area contributed by atoms with Gasteiger partial charge in [0.2, 0.25) is 0 Å². The number of anilines is 1. The Morgan fingerprint density at radius 3 is 3.00 bits per heavy atom. The van der Waals surface area contributed by atoms with Crippen molar-refractivity contribution < 1.29 is 15.0 Å². The van der Waals surface area contributed by atoms with Gasteiger partial charge in [-0.1, -0.05) is 0 Å². The number of hydrogen-bond acceptors (Lipinski definition) is 6. The number of hydrogen-bond donors (Lipinski definition) is 3. The van der Waals surface area contributed by atoms with E-state index in [0.29, 0.717) is 12.4 Å². The van der Waals surface area contributed by atoms with Crippen molar-refractivity contribution in [3.05, 3.63) is 17.8 Å². The molecule has 0 aliphatic rings. The maximum atomic E-state index is 10.9. The largest absolute Gasteiger partial charge is 0.478 e. The molecule has 0 aliphatic carbocycles. The van der Waals surface area contributed by atoms with E-state index in [0.717, 1.165) is 17.9 Å². The van der Waals surface area contributed by atoms with Crippen LogP contribution in [-0.2, 0) is 0 Å². The normalized spacial score (nSPS) is 10.2. The van der Waals surface area contributed by atoms with Gasteiger partial charge in [-0.25, -0.2) is 4.79 Å². The van der Waals surface area contributed by atoms with Crippen molar-refractivity contribution in [1.29, 1.82) is 0 Å². The standard InChI is InChI=1S/C10H15N3O3S/c14-5-1-6-17-7-4-11-9-8(10(15)16)2-3-12-13-9/h2-3,14H,1,4-7H2,(H,11,13)(H,15,16). The molecule has 0 bridgehead atoms. The highest BCUT2D eigenvalue weighted by Gasteiger charge is 2.10. The Hall–Kier alpha value is -1.34. The van der Waals surface area contributed by atoms with Crippen LogP contribution in [0.4, 0.5) is 5.82 Å². The molecule has 0 amide bonds. The molecule has 1 rings (SSSR count). The fraction of sp³-hybridized carbons (Fsp3) is 0.500. The average molecular weight is 257 g/mol. The van der Waals surface area contributed by atoms with E-state index in [-0.39, 0.29) is 12.2 Å². The maximum absolute atomic E-state index is 10.9. The molecule has 94 valence electrons. The van der Waals surface area contributed by atoms with E-state index in [1.165, 1.54) is 12.3 Å². The topological polar surface area (TPSA) is 95.3 Å². The second kappa shape index (κ2) is 7.86.